The number of halogens is 1. The molecule has 0 aromatic carbocycles. The van der Waals surface area contributed by atoms with E-state index in [0.29, 0.717) is 0 Å². The van der Waals surface area contributed by atoms with E-state index >= 15 is 0 Å². The minimum Gasteiger partial charge on any atom is -0.368 e. The van der Waals surface area contributed by atoms with E-state index in [-0.39, 0.29) is 24.1 Å². The van der Waals surface area contributed by atoms with Crippen molar-refractivity contribution in [2.24, 2.45) is 7.05 Å². The van der Waals surface area contributed by atoms with E-state index in [1.165, 1.54) is 18.8 Å². The first-order valence-electron chi connectivity index (χ1n) is 7.94. The van der Waals surface area contributed by atoms with E-state index in [1.54, 1.807) is 12.2 Å². The number of fused-ring (bicyclic) bond motifs is 1. The predicted molar refractivity (Wildman–Crippen MR) is 86.8 cm³/mol. The Kier molecular flexibility index (Phi) is 3.61. The Balaban J connectivity index is 1.60. The molecule has 2 aliphatic rings. The van der Waals surface area contributed by atoms with E-state index in [4.69, 9.17) is 4.74 Å². The van der Waals surface area contributed by atoms with Crippen LogP contribution in [0.25, 0.3) is 11.0 Å². The first-order chi connectivity index (χ1) is 11.2. The number of hydrogen-bond acceptors (Lipinski definition) is 4. The number of ether oxygens (including phenoxy) is 1. The molecule has 0 radical (unpaired) electrons. The van der Waals surface area contributed by atoms with Gasteiger partial charge in [-0.1, -0.05) is 6.08 Å². The van der Waals surface area contributed by atoms with Crippen molar-refractivity contribution in [3.63, 3.8) is 0 Å². The molecule has 0 amide bonds. The summed E-state index contributed by atoms with van der Waals surface area (Å²) in [6.07, 6.45) is 11.5. The highest BCUT2D eigenvalue weighted by Crippen LogP contribution is 2.28. The minimum absolute atomic E-state index is 0.150. The fourth-order valence-corrected chi connectivity index (χ4v) is 2.99. The summed E-state index contributed by atoms with van der Waals surface area (Å²) in [6.45, 7) is 0. The number of rotatable bonds is 4. The summed E-state index contributed by atoms with van der Waals surface area (Å²) in [5.41, 5.74) is 1.81. The number of allylic oxidation sites excluding steroid dienone is 2. The molecule has 5 nitrogen and oxygen atoms in total. The molecule has 2 aliphatic carbocycles. The molecule has 2 unspecified atom stereocenters. The summed E-state index contributed by atoms with van der Waals surface area (Å²) in [4.78, 5) is 8.62. The number of hydrogen-bond donors (Lipinski definition) is 1. The zero-order valence-electron chi connectivity index (χ0n) is 12.9. The molecule has 4 rings (SSSR count). The Morgan fingerprint density at radius 2 is 2.22 bits per heavy atom. The fraction of sp³-hybridized carbons (Fsp3) is 0.412. The van der Waals surface area contributed by atoms with Gasteiger partial charge in [0.05, 0.1) is 17.7 Å². The Morgan fingerprint density at radius 1 is 1.35 bits per heavy atom. The Morgan fingerprint density at radius 3 is 3.00 bits per heavy atom. The van der Waals surface area contributed by atoms with Crippen molar-refractivity contribution in [1.29, 1.82) is 0 Å². The van der Waals surface area contributed by atoms with Gasteiger partial charge < -0.3 is 14.6 Å². The summed E-state index contributed by atoms with van der Waals surface area (Å²) in [7, 11) is 1.95. The highest BCUT2D eigenvalue weighted by Gasteiger charge is 2.28. The number of nitrogens with zero attached hydrogens (tertiary/aromatic N) is 3. The molecule has 2 atom stereocenters. The molecule has 2 aromatic heterocycles. The number of nitrogens with one attached hydrogen (secondary N) is 1. The third-order valence-corrected chi connectivity index (χ3v) is 4.50. The van der Waals surface area contributed by atoms with Crippen LogP contribution in [0.2, 0.25) is 0 Å². The normalized spacial score (nSPS) is 24.5. The molecule has 23 heavy (non-hydrogen) atoms. The van der Waals surface area contributed by atoms with Gasteiger partial charge in [0.15, 0.2) is 5.82 Å². The summed E-state index contributed by atoms with van der Waals surface area (Å²) in [5, 5.41) is 3.38. The van der Waals surface area contributed by atoms with E-state index < -0.39 is 0 Å². The van der Waals surface area contributed by atoms with E-state index in [2.05, 4.69) is 15.3 Å². The van der Waals surface area contributed by atoms with Crippen LogP contribution in [-0.4, -0.2) is 32.8 Å². The zero-order valence-corrected chi connectivity index (χ0v) is 12.9. The average Bonchev–Trinajstić information content (AvgIpc) is 2.88. The molecule has 0 aliphatic heterocycles. The largest absolute Gasteiger partial charge is 0.368 e. The van der Waals surface area contributed by atoms with Gasteiger partial charge in [-0.05, 0) is 37.5 Å². The molecule has 120 valence electrons. The molecule has 2 aromatic rings. The Labute approximate surface area is 133 Å². The number of aryl methyl sites for hydroxylation is 1. The van der Waals surface area contributed by atoms with Crippen molar-refractivity contribution >= 4 is 16.9 Å². The maximum absolute atomic E-state index is 13.6. The lowest BCUT2D eigenvalue weighted by molar-refractivity contribution is -0.0336. The van der Waals surface area contributed by atoms with Gasteiger partial charge in [0.2, 0.25) is 0 Å². The van der Waals surface area contributed by atoms with Crippen LogP contribution in [0.3, 0.4) is 0 Å². The van der Waals surface area contributed by atoms with Gasteiger partial charge >= 0.3 is 0 Å². The van der Waals surface area contributed by atoms with Crippen LogP contribution >= 0.6 is 0 Å². The van der Waals surface area contributed by atoms with Crippen molar-refractivity contribution in [1.82, 2.24) is 14.5 Å². The first kappa shape index (κ1) is 14.4. The van der Waals surface area contributed by atoms with Gasteiger partial charge in [-0.2, -0.15) is 0 Å². The first-order valence-corrected chi connectivity index (χ1v) is 7.94. The topological polar surface area (TPSA) is 52.0 Å². The minimum atomic E-state index is -0.324. The molecule has 2 heterocycles. The van der Waals surface area contributed by atoms with E-state index in [0.717, 1.165) is 29.7 Å². The maximum atomic E-state index is 13.6. The molecular formula is C17H19FN4O. The van der Waals surface area contributed by atoms with Crippen LogP contribution in [0, 0.1) is 0 Å². The monoisotopic (exact) mass is 314 g/mol. The smallest absolute Gasteiger partial charge is 0.154 e. The molecule has 0 saturated heterocycles. The van der Waals surface area contributed by atoms with Crippen molar-refractivity contribution in [2.45, 2.75) is 37.5 Å². The van der Waals surface area contributed by atoms with Crippen LogP contribution in [0.4, 0.5) is 10.2 Å². The second kappa shape index (κ2) is 5.77. The van der Waals surface area contributed by atoms with Crippen LogP contribution in [0.15, 0.2) is 42.6 Å². The van der Waals surface area contributed by atoms with Crippen molar-refractivity contribution in [3.05, 3.63) is 42.6 Å². The molecular weight excluding hydrogens is 295 g/mol. The highest BCUT2D eigenvalue weighted by atomic mass is 19.1. The molecule has 0 bridgehead atoms. The zero-order chi connectivity index (χ0) is 15.8. The van der Waals surface area contributed by atoms with Crippen LogP contribution < -0.4 is 5.32 Å². The molecule has 1 fully saturated rings. The standard InChI is InChI=1S/C17H19FN4O/c1-22-8-7-14-16(22)17(20-10-19-14)21-13-6-5-11(18)9-15(13)23-12-3-2-4-12/h5-10,12-13,15H,2-4H2,1H3,(H,19,20,21). The number of aromatic nitrogens is 3. The Hall–Kier alpha value is -2.21. The quantitative estimate of drug-likeness (QED) is 0.942. The van der Waals surface area contributed by atoms with Crippen molar-refractivity contribution in [3.8, 4) is 0 Å². The third kappa shape index (κ3) is 2.74. The SMILES string of the molecule is Cn1ccc2ncnc(NC3C=CC(F)=CC3OC3CCC3)c21. The molecule has 6 heteroatoms. The molecule has 1 N–H and O–H groups in total. The van der Waals surface area contributed by atoms with Gasteiger partial charge in [0.1, 0.15) is 23.8 Å². The second-order valence-corrected chi connectivity index (χ2v) is 6.12. The van der Waals surface area contributed by atoms with E-state index in [9.17, 15) is 4.39 Å². The Bertz CT molecular complexity index is 778. The number of anilines is 1. The molecule has 0 spiro atoms. The maximum Gasteiger partial charge on any atom is 0.154 e. The van der Waals surface area contributed by atoms with Crippen LogP contribution in [-0.2, 0) is 11.8 Å². The third-order valence-electron chi connectivity index (χ3n) is 4.50. The fourth-order valence-electron chi connectivity index (χ4n) is 2.99. The van der Waals surface area contributed by atoms with E-state index in [1.807, 2.05) is 23.9 Å². The predicted octanol–water partition coefficient (Wildman–Crippen LogP) is 3.11. The second-order valence-electron chi connectivity index (χ2n) is 6.12. The van der Waals surface area contributed by atoms with Gasteiger partial charge in [0.25, 0.3) is 0 Å². The van der Waals surface area contributed by atoms with Gasteiger partial charge in [-0.25, -0.2) is 14.4 Å². The summed E-state index contributed by atoms with van der Waals surface area (Å²) >= 11 is 0. The van der Waals surface area contributed by atoms with Crippen LogP contribution in [0.5, 0.6) is 0 Å². The molecule has 1 saturated carbocycles. The van der Waals surface area contributed by atoms with Gasteiger partial charge in [-0.15, -0.1) is 0 Å². The lowest BCUT2D eigenvalue weighted by atomic mass is 9.95. The highest BCUT2D eigenvalue weighted by molar-refractivity contribution is 5.86. The van der Waals surface area contributed by atoms with Gasteiger partial charge in [-0.3, -0.25) is 0 Å². The van der Waals surface area contributed by atoms with Crippen molar-refractivity contribution < 1.29 is 9.13 Å². The van der Waals surface area contributed by atoms with Crippen LogP contribution in [0.1, 0.15) is 19.3 Å². The summed E-state index contributed by atoms with van der Waals surface area (Å²) in [6, 6.07) is 1.80. The van der Waals surface area contributed by atoms with Crippen molar-refractivity contribution in [2.75, 3.05) is 5.32 Å². The van der Waals surface area contributed by atoms with Gasteiger partial charge in [0, 0.05) is 13.2 Å². The summed E-state index contributed by atoms with van der Waals surface area (Å²) < 4.78 is 21.6. The summed E-state index contributed by atoms with van der Waals surface area (Å²) in [5.74, 6) is 0.481. The average molecular weight is 314 g/mol. The lowest BCUT2D eigenvalue weighted by Crippen LogP contribution is -2.39. The lowest BCUT2D eigenvalue weighted by Gasteiger charge is -2.33.